The summed E-state index contributed by atoms with van der Waals surface area (Å²) < 4.78 is 27.5. The molecule has 138 valence electrons. The zero-order valence-corrected chi connectivity index (χ0v) is 17.2. The summed E-state index contributed by atoms with van der Waals surface area (Å²) in [6, 6.07) is 11.8. The number of nitrogens with one attached hydrogen (secondary N) is 2. The lowest BCUT2D eigenvalue weighted by Gasteiger charge is -2.09. The summed E-state index contributed by atoms with van der Waals surface area (Å²) in [5.74, 6) is -0.271. The number of amides is 1. The van der Waals surface area contributed by atoms with Crippen molar-refractivity contribution in [2.75, 3.05) is 5.32 Å². The Morgan fingerprint density at radius 2 is 1.77 bits per heavy atom. The maximum absolute atomic E-state index is 12.1. The lowest BCUT2D eigenvalue weighted by Crippen LogP contribution is -2.30. The number of hydrogen-bond donors (Lipinski definition) is 2. The highest BCUT2D eigenvalue weighted by atomic mass is 79.9. The molecule has 2 aromatic carbocycles. The van der Waals surface area contributed by atoms with Crippen LogP contribution in [0.4, 0.5) is 5.69 Å². The Hall–Kier alpha value is -1.96. The molecule has 2 rings (SSSR count). The van der Waals surface area contributed by atoms with E-state index >= 15 is 0 Å². The van der Waals surface area contributed by atoms with Crippen LogP contribution in [0.2, 0.25) is 0 Å². The minimum absolute atomic E-state index is 0.177. The Morgan fingerprint density at radius 3 is 2.35 bits per heavy atom. The molecule has 0 saturated heterocycles. The molecular weight excluding hydrogens is 416 g/mol. The van der Waals surface area contributed by atoms with Crippen molar-refractivity contribution in [2.24, 2.45) is 0 Å². The van der Waals surface area contributed by atoms with E-state index in [0.29, 0.717) is 5.69 Å². The highest BCUT2D eigenvalue weighted by Gasteiger charge is 2.14. The molecule has 0 aliphatic carbocycles. The molecule has 0 heterocycles. The average Bonchev–Trinajstić information content (AvgIpc) is 2.55. The van der Waals surface area contributed by atoms with E-state index < -0.39 is 10.0 Å². The molecule has 0 aliphatic rings. The molecule has 0 aromatic heterocycles. The Balaban J connectivity index is 2.05. The number of hydrogen-bond acceptors (Lipinski definition) is 3. The molecule has 0 atom stereocenters. The van der Waals surface area contributed by atoms with Gasteiger partial charge in [0.05, 0.1) is 10.6 Å². The number of benzene rings is 2. The van der Waals surface area contributed by atoms with Gasteiger partial charge in [0, 0.05) is 16.6 Å². The number of rotatable bonds is 6. The molecule has 1 amide bonds. The standard InChI is InChI=1S/C19H21BrN2O3S/c1-13(2)22-26(24,25)16-8-5-15(6-9-16)7-11-19(23)21-18-10-4-14(3)12-17(18)20/h4-13,22H,1-3H3,(H,21,23)/b11-7+. The highest BCUT2D eigenvalue weighted by molar-refractivity contribution is 9.10. The van der Waals surface area contributed by atoms with Crippen molar-refractivity contribution >= 4 is 43.6 Å². The first kappa shape index (κ1) is 20.4. The smallest absolute Gasteiger partial charge is 0.248 e. The van der Waals surface area contributed by atoms with Crippen LogP contribution >= 0.6 is 15.9 Å². The van der Waals surface area contributed by atoms with Crippen molar-refractivity contribution in [3.63, 3.8) is 0 Å². The van der Waals surface area contributed by atoms with Gasteiger partial charge in [-0.1, -0.05) is 18.2 Å². The van der Waals surface area contributed by atoms with Crippen LogP contribution in [0.5, 0.6) is 0 Å². The van der Waals surface area contributed by atoms with Gasteiger partial charge in [-0.3, -0.25) is 4.79 Å². The van der Waals surface area contributed by atoms with Crippen LogP contribution in [-0.4, -0.2) is 20.4 Å². The number of halogens is 1. The molecule has 26 heavy (non-hydrogen) atoms. The van der Waals surface area contributed by atoms with Crippen molar-refractivity contribution in [1.82, 2.24) is 4.72 Å². The van der Waals surface area contributed by atoms with Crippen molar-refractivity contribution < 1.29 is 13.2 Å². The van der Waals surface area contributed by atoms with Gasteiger partial charge in [-0.2, -0.15) is 0 Å². The van der Waals surface area contributed by atoms with Crippen LogP contribution in [0.1, 0.15) is 25.0 Å². The van der Waals surface area contributed by atoms with Crippen LogP contribution in [0.25, 0.3) is 6.08 Å². The first-order valence-corrected chi connectivity index (χ1v) is 10.3. The van der Waals surface area contributed by atoms with Crippen molar-refractivity contribution in [3.05, 3.63) is 64.1 Å². The summed E-state index contributed by atoms with van der Waals surface area (Å²) in [6.07, 6.45) is 3.03. The molecule has 0 saturated carbocycles. The first-order valence-electron chi connectivity index (χ1n) is 8.05. The Bertz CT molecular complexity index is 920. The minimum Gasteiger partial charge on any atom is -0.321 e. The van der Waals surface area contributed by atoms with Crippen LogP contribution in [0.3, 0.4) is 0 Å². The Kier molecular flexibility index (Phi) is 6.75. The summed E-state index contributed by atoms with van der Waals surface area (Å²) in [5.41, 5.74) is 2.51. The van der Waals surface area contributed by atoms with E-state index in [-0.39, 0.29) is 16.8 Å². The maximum Gasteiger partial charge on any atom is 0.248 e. The van der Waals surface area contributed by atoms with E-state index in [1.165, 1.54) is 18.2 Å². The van der Waals surface area contributed by atoms with Gasteiger partial charge in [0.25, 0.3) is 0 Å². The van der Waals surface area contributed by atoms with Gasteiger partial charge < -0.3 is 5.32 Å². The van der Waals surface area contributed by atoms with Gasteiger partial charge in [-0.05, 0) is 78.2 Å². The van der Waals surface area contributed by atoms with E-state index in [0.717, 1.165) is 15.6 Å². The van der Waals surface area contributed by atoms with Gasteiger partial charge >= 0.3 is 0 Å². The van der Waals surface area contributed by atoms with E-state index in [1.807, 2.05) is 25.1 Å². The fourth-order valence-electron chi connectivity index (χ4n) is 2.20. The second kappa shape index (κ2) is 8.62. The third-order valence-electron chi connectivity index (χ3n) is 3.39. The van der Waals surface area contributed by atoms with Gasteiger partial charge in [0.15, 0.2) is 0 Å². The Morgan fingerprint density at radius 1 is 1.12 bits per heavy atom. The van der Waals surface area contributed by atoms with E-state index in [4.69, 9.17) is 0 Å². The van der Waals surface area contributed by atoms with Crippen LogP contribution < -0.4 is 10.0 Å². The Labute approximate surface area is 162 Å². The number of carbonyl (C=O) groups excluding carboxylic acids is 1. The topological polar surface area (TPSA) is 75.3 Å². The van der Waals surface area contributed by atoms with E-state index in [9.17, 15) is 13.2 Å². The summed E-state index contributed by atoms with van der Waals surface area (Å²) in [7, 11) is -3.52. The van der Waals surface area contributed by atoms with Gasteiger partial charge in [0.1, 0.15) is 0 Å². The van der Waals surface area contributed by atoms with E-state index in [1.54, 1.807) is 32.1 Å². The molecule has 0 unspecified atom stereocenters. The normalized spacial score (nSPS) is 11.9. The minimum atomic E-state index is -3.52. The van der Waals surface area contributed by atoms with Gasteiger partial charge in [-0.25, -0.2) is 13.1 Å². The number of sulfonamides is 1. The zero-order chi connectivity index (χ0) is 19.3. The second-order valence-electron chi connectivity index (χ2n) is 6.15. The predicted molar refractivity (Wildman–Crippen MR) is 108 cm³/mol. The molecule has 2 aromatic rings. The van der Waals surface area contributed by atoms with Crippen molar-refractivity contribution in [1.29, 1.82) is 0 Å². The molecule has 2 N–H and O–H groups in total. The summed E-state index contributed by atoms with van der Waals surface area (Å²) in [6.45, 7) is 5.50. The van der Waals surface area contributed by atoms with E-state index in [2.05, 4.69) is 26.0 Å². The fourth-order valence-corrected chi connectivity index (χ4v) is 4.05. The largest absolute Gasteiger partial charge is 0.321 e. The molecule has 0 radical (unpaired) electrons. The maximum atomic E-state index is 12.1. The van der Waals surface area contributed by atoms with Crippen molar-refractivity contribution in [2.45, 2.75) is 31.7 Å². The third-order valence-corrected chi connectivity index (χ3v) is 5.72. The van der Waals surface area contributed by atoms with Crippen LogP contribution in [-0.2, 0) is 14.8 Å². The quantitative estimate of drug-likeness (QED) is 0.669. The lowest BCUT2D eigenvalue weighted by atomic mass is 10.2. The number of carbonyl (C=O) groups is 1. The molecule has 0 fully saturated rings. The molecule has 0 aliphatic heterocycles. The first-order chi connectivity index (χ1) is 12.2. The second-order valence-corrected chi connectivity index (χ2v) is 8.72. The molecule has 7 heteroatoms. The molecule has 5 nitrogen and oxygen atoms in total. The average molecular weight is 437 g/mol. The molecular formula is C19H21BrN2O3S. The summed E-state index contributed by atoms with van der Waals surface area (Å²) in [4.78, 5) is 12.2. The lowest BCUT2D eigenvalue weighted by molar-refractivity contribution is -0.111. The highest BCUT2D eigenvalue weighted by Crippen LogP contribution is 2.23. The van der Waals surface area contributed by atoms with Crippen LogP contribution in [0, 0.1) is 6.92 Å². The molecule has 0 bridgehead atoms. The SMILES string of the molecule is Cc1ccc(NC(=O)/C=C/c2ccc(S(=O)(=O)NC(C)C)cc2)c(Br)c1. The van der Waals surface area contributed by atoms with Gasteiger partial charge in [0.2, 0.25) is 15.9 Å². The van der Waals surface area contributed by atoms with Crippen molar-refractivity contribution in [3.8, 4) is 0 Å². The zero-order valence-electron chi connectivity index (χ0n) is 14.8. The predicted octanol–water partition coefficient (Wildman–Crippen LogP) is 4.10. The summed E-state index contributed by atoms with van der Waals surface area (Å²) in [5, 5.41) is 2.79. The monoisotopic (exact) mass is 436 g/mol. The summed E-state index contributed by atoms with van der Waals surface area (Å²) >= 11 is 3.41. The number of anilines is 1. The molecule has 0 spiro atoms. The number of aryl methyl sites for hydroxylation is 1. The van der Waals surface area contributed by atoms with Gasteiger partial charge in [-0.15, -0.1) is 0 Å². The fraction of sp³-hybridized carbons (Fsp3) is 0.211. The van der Waals surface area contributed by atoms with Crippen LogP contribution in [0.15, 0.2) is 57.9 Å². The third kappa shape index (κ3) is 5.79.